The zero-order valence-electron chi connectivity index (χ0n) is 5.00. The molecule has 2 unspecified atom stereocenters. The molecule has 2 rings (SSSR count). The molecule has 1 aliphatic carbocycles. The fourth-order valence-corrected chi connectivity index (χ4v) is 1.10. The van der Waals surface area contributed by atoms with Gasteiger partial charge in [-0.05, 0) is 6.08 Å². The van der Waals surface area contributed by atoms with E-state index in [1.807, 2.05) is 12.2 Å². The minimum atomic E-state index is 0.162. The Morgan fingerprint density at radius 1 is 1.67 bits per heavy atom. The molecule has 0 saturated carbocycles. The van der Waals surface area contributed by atoms with Gasteiger partial charge in [0.25, 0.3) is 0 Å². The van der Waals surface area contributed by atoms with Gasteiger partial charge in [-0.3, -0.25) is 4.84 Å². The van der Waals surface area contributed by atoms with E-state index in [-0.39, 0.29) is 6.10 Å². The molecule has 2 atom stereocenters. The molecular formula is C7H8NO. The second-order valence-electron chi connectivity index (χ2n) is 2.27. The van der Waals surface area contributed by atoms with E-state index in [9.17, 15) is 0 Å². The van der Waals surface area contributed by atoms with E-state index in [1.54, 1.807) is 0 Å². The van der Waals surface area contributed by atoms with Gasteiger partial charge in [-0.2, -0.15) is 0 Å². The number of allylic oxidation sites excluding steroid dienone is 2. The molecule has 0 spiro atoms. The van der Waals surface area contributed by atoms with Gasteiger partial charge in [0.05, 0.1) is 0 Å². The van der Waals surface area contributed by atoms with Gasteiger partial charge >= 0.3 is 0 Å². The summed E-state index contributed by atoms with van der Waals surface area (Å²) in [6.45, 7) is 0.919. The Morgan fingerprint density at radius 2 is 2.67 bits per heavy atom. The van der Waals surface area contributed by atoms with Crippen molar-refractivity contribution in [3.8, 4) is 0 Å². The molecule has 1 saturated heterocycles. The average Bonchev–Trinajstić information content (AvgIpc) is 2.33. The summed E-state index contributed by atoms with van der Waals surface area (Å²) in [5, 5.41) is 0. The molecule has 2 aliphatic rings. The Balaban J connectivity index is 2.18. The van der Waals surface area contributed by atoms with Crippen molar-refractivity contribution in [2.45, 2.75) is 6.10 Å². The van der Waals surface area contributed by atoms with E-state index in [0.717, 1.165) is 6.54 Å². The first-order chi connectivity index (χ1) is 4.47. The third-order valence-electron chi connectivity index (χ3n) is 1.63. The van der Waals surface area contributed by atoms with Crippen LogP contribution in [0.15, 0.2) is 18.2 Å². The van der Waals surface area contributed by atoms with Crippen LogP contribution in [0.2, 0.25) is 0 Å². The van der Waals surface area contributed by atoms with Gasteiger partial charge in [-0.15, -0.1) is 0 Å². The monoisotopic (exact) mass is 122 g/mol. The van der Waals surface area contributed by atoms with Gasteiger partial charge in [0.2, 0.25) is 0 Å². The Hall–Kier alpha value is -0.600. The number of hydrogen-bond donors (Lipinski definition) is 1. The van der Waals surface area contributed by atoms with E-state index >= 15 is 0 Å². The van der Waals surface area contributed by atoms with Crippen molar-refractivity contribution in [1.82, 2.24) is 5.48 Å². The Labute approximate surface area is 54.2 Å². The lowest BCUT2D eigenvalue weighted by Crippen LogP contribution is -2.14. The normalized spacial score (nSPS) is 39.1. The Morgan fingerprint density at radius 3 is 3.56 bits per heavy atom. The van der Waals surface area contributed by atoms with Crippen molar-refractivity contribution >= 4 is 0 Å². The number of rotatable bonds is 0. The predicted molar refractivity (Wildman–Crippen MR) is 33.3 cm³/mol. The van der Waals surface area contributed by atoms with Crippen LogP contribution in [0.25, 0.3) is 0 Å². The molecule has 0 aromatic rings. The van der Waals surface area contributed by atoms with E-state index in [0.29, 0.717) is 5.92 Å². The van der Waals surface area contributed by atoms with Gasteiger partial charge in [0.1, 0.15) is 6.10 Å². The Kier molecular flexibility index (Phi) is 1.14. The zero-order chi connectivity index (χ0) is 6.10. The van der Waals surface area contributed by atoms with Crippen molar-refractivity contribution in [1.29, 1.82) is 0 Å². The summed E-state index contributed by atoms with van der Waals surface area (Å²) in [6, 6.07) is 0. The minimum Gasteiger partial charge on any atom is -0.293 e. The van der Waals surface area contributed by atoms with Crippen molar-refractivity contribution < 1.29 is 4.84 Å². The number of nitrogens with one attached hydrogen (secondary N) is 1. The largest absolute Gasteiger partial charge is 0.293 e. The molecule has 0 amide bonds. The summed E-state index contributed by atoms with van der Waals surface area (Å²) in [4.78, 5) is 5.11. The van der Waals surface area contributed by atoms with E-state index < -0.39 is 0 Å². The van der Waals surface area contributed by atoms with E-state index in [4.69, 9.17) is 4.84 Å². The fraction of sp³-hybridized carbons (Fsp3) is 0.429. The molecule has 0 bridgehead atoms. The van der Waals surface area contributed by atoms with Crippen molar-refractivity contribution in [3.05, 3.63) is 24.3 Å². The van der Waals surface area contributed by atoms with Crippen LogP contribution in [0.5, 0.6) is 0 Å². The first-order valence-corrected chi connectivity index (χ1v) is 3.11. The van der Waals surface area contributed by atoms with Crippen molar-refractivity contribution in [3.63, 3.8) is 0 Å². The highest BCUT2D eigenvalue weighted by atomic mass is 16.7. The number of hydroxylamine groups is 1. The highest BCUT2D eigenvalue weighted by Gasteiger charge is 2.25. The van der Waals surface area contributed by atoms with Crippen LogP contribution < -0.4 is 5.48 Å². The third-order valence-corrected chi connectivity index (χ3v) is 1.63. The van der Waals surface area contributed by atoms with Crippen LogP contribution >= 0.6 is 0 Å². The summed E-state index contributed by atoms with van der Waals surface area (Å²) >= 11 is 0. The molecule has 9 heavy (non-hydrogen) atoms. The van der Waals surface area contributed by atoms with Crippen LogP contribution in [0.3, 0.4) is 0 Å². The topological polar surface area (TPSA) is 21.3 Å². The lowest BCUT2D eigenvalue weighted by atomic mass is 9.99. The maximum Gasteiger partial charge on any atom is 0.112 e. The molecule has 1 fully saturated rings. The molecule has 0 aromatic carbocycles. The second kappa shape index (κ2) is 1.97. The lowest BCUT2D eigenvalue weighted by molar-refractivity contribution is 0.0509. The minimum absolute atomic E-state index is 0.162. The fourth-order valence-electron chi connectivity index (χ4n) is 1.10. The van der Waals surface area contributed by atoms with Crippen molar-refractivity contribution in [2.75, 3.05) is 6.54 Å². The molecule has 47 valence electrons. The van der Waals surface area contributed by atoms with Gasteiger partial charge in [-0.25, -0.2) is 5.48 Å². The number of hydrogen-bond acceptors (Lipinski definition) is 2. The second-order valence-corrected chi connectivity index (χ2v) is 2.27. The van der Waals surface area contributed by atoms with Crippen LogP contribution in [0, 0.1) is 12.0 Å². The summed E-state index contributed by atoms with van der Waals surface area (Å²) in [5.74, 6) is 0.509. The molecule has 1 radical (unpaired) electrons. The highest BCUT2D eigenvalue weighted by Crippen LogP contribution is 2.17. The first-order valence-electron chi connectivity index (χ1n) is 3.11. The summed E-state index contributed by atoms with van der Waals surface area (Å²) in [5.41, 5.74) is 2.83. The summed E-state index contributed by atoms with van der Waals surface area (Å²) in [7, 11) is 0. The van der Waals surface area contributed by atoms with Crippen LogP contribution in [0.1, 0.15) is 0 Å². The maximum absolute atomic E-state index is 5.11. The molecular weight excluding hydrogens is 114 g/mol. The highest BCUT2D eigenvalue weighted by molar-refractivity contribution is 5.12. The summed E-state index contributed by atoms with van der Waals surface area (Å²) in [6.07, 6.45) is 9.30. The van der Waals surface area contributed by atoms with Crippen molar-refractivity contribution in [2.24, 2.45) is 5.92 Å². The predicted octanol–water partition coefficient (Wildman–Crippen LogP) is 0.435. The Bertz CT molecular complexity index is 144. The van der Waals surface area contributed by atoms with Gasteiger partial charge in [-0.1, -0.05) is 18.2 Å². The van der Waals surface area contributed by atoms with Gasteiger partial charge < -0.3 is 0 Å². The molecule has 2 nitrogen and oxygen atoms in total. The quantitative estimate of drug-likeness (QED) is 0.503. The van der Waals surface area contributed by atoms with E-state index in [2.05, 4.69) is 17.6 Å². The number of fused-ring (bicyclic) bond motifs is 1. The molecule has 1 aliphatic heterocycles. The SMILES string of the molecule is [C]1=CC=CC2CNOC12. The maximum atomic E-state index is 5.11. The molecule has 1 N–H and O–H groups in total. The van der Waals surface area contributed by atoms with Crippen LogP contribution in [-0.2, 0) is 4.84 Å². The van der Waals surface area contributed by atoms with Crippen LogP contribution in [-0.4, -0.2) is 12.6 Å². The molecule has 2 heteroatoms. The lowest BCUT2D eigenvalue weighted by Gasteiger charge is -2.09. The smallest absolute Gasteiger partial charge is 0.112 e. The summed E-state index contributed by atoms with van der Waals surface area (Å²) < 4.78 is 0. The van der Waals surface area contributed by atoms with Gasteiger partial charge in [0, 0.05) is 12.5 Å². The molecule has 1 heterocycles. The zero-order valence-corrected chi connectivity index (χ0v) is 5.00. The van der Waals surface area contributed by atoms with E-state index in [1.165, 1.54) is 0 Å². The first kappa shape index (κ1) is 5.21. The average molecular weight is 122 g/mol. The van der Waals surface area contributed by atoms with Gasteiger partial charge in [0.15, 0.2) is 0 Å². The molecule has 0 aromatic heterocycles. The third kappa shape index (κ3) is 0.802. The standard InChI is InChI=1S/C7H8NO/c1-2-4-7-6(3-1)5-8-9-7/h1-3,6-8H,5H2. The van der Waals surface area contributed by atoms with Crippen LogP contribution in [0.4, 0.5) is 0 Å².